The van der Waals surface area contributed by atoms with E-state index in [1.165, 1.54) is 0 Å². The van der Waals surface area contributed by atoms with E-state index in [0.29, 0.717) is 45.8 Å². The van der Waals surface area contributed by atoms with Gasteiger partial charge in [0.2, 0.25) is 0 Å². The predicted octanol–water partition coefficient (Wildman–Crippen LogP) is 4.38. The molecule has 2 heterocycles. The maximum atomic E-state index is 12.6. The molecule has 4 rings (SSSR count). The molecule has 0 aliphatic rings. The first-order valence-electron chi connectivity index (χ1n) is 11.0. The number of carbonyl (C=O) groups excluding carboxylic acids is 1. The summed E-state index contributed by atoms with van der Waals surface area (Å²) >= 11 is 6.10. The zero-order valence-electron chi connectivity index (χ0n) is 19.6. The summed E-state index contributed by atoms with van der Waals surface area (Å²) in [6.45, 7) is 2.32. The Balaban J connectivity index is 1.70. The van der Waals surface area contributed by atoms with Crippen molar-refractivity contribution in [2.75, 3.05) is 32.7 Å². The standard InChI is InChI=1S/C25H26ClN5O4/c1-4-35-25(32)17-8-9-23(30-24(17)28-13-18(27)15-6-5-7-16(26)10-15)31-14-29-19-11-21(33-2)22(34-3)12-20(19)31/h5-12,14,18H,4,13,27H2,1-3H3,(H,28,30)/t18-/m0/s1. The molecule has 1 atom stereocenters. The van der Waals surface area contributed by atoms with Gasteiger partial charge in [-0.05, 0) is 36.8 Å². The van der Waals surface area contributed by atoms with Crippen LogP contribution in [0.1, 0.15) is 28.9 Å². The van der Waals surface area contributed by atoms with Crippen molar-refractivity contribution in [3.63, 3.8) is 0 Å². The lowest BCUT2D eigenvalue weighted by molar-refractivity contribution is 0.0527. The van der Waals surface area contributed by atoms with Gasteiger partial charge in [0.1, 0.15) is 23.5 Å². The number of ether oxygens (including phenoxy) is 3. The Morgan fingerprint density at radius 3 is 2.63 bits per heavy atom. The van der Waals surface area contributed by atoms with E-state index in [0.717, 1.165) is 11.1 Å². The second-order valence-electron chi connectivity index (χ2n) is 7.64. The van der Waals surface area contributed by atoms with Gasteiger partial charge in [-0.1, -0.05) is 23.7 Å². The van der Waals surface area contributed by atoms with Crippen LogP contribution in [0, 0.1) is 0 Å². The van der Waals surface area contributed by atoms with Crippen LogP contribution in [0.4, 0.5) is 5.82 Å². The summed E-state index contributed by atoms with van der Waals surface area (Å²) in [5.74, 6) is 1.56. The monoisotopic (exact) mass is 495 g/mol. The molecule has 0 amide bonds. The number of nitrogens with one attached hydrogen (secondary N) is 1. The summed E-state index contributed by atoms with van der Waals surface area (Å²) in [5.41, 5.74) is 8.99. The first kappa shape index (κ1) is 24.3. The number of carbonyl (C=O) groups is 1. The minimum Gasteiger partial charge on any atom is -0.493 e. The average Bonchev–Trinajstić information content (AvgIpc) is 3.29. The number of imidazole rings is 1. The summed E-state index contributed by atoms with van der Waals surface area (Å²) in [6.07, 6.45) is 1.65. The van der Waals surface area contributed by atoms with Crippen LogP contribution in [0.25, 0.3) is 16.9 Å². The molecule has 0 unspecified atom stereocenters. The third-order valence-electron chi connectivity index (χ3n) is 5.44. The number of rotatable bonds is 9. The van der Waals surface area contributed by atoms with Gasteiger partial charge >= 0.3 is 5.97 Å². The Bertz CT molecular complexity index is 1360. The number of anilines is 1. The van der Waals surface area contributed by atoms with E-state index in [-0.39, 0.29) is 12.6 Å². The highest BCUT2D eigenvalue weighted by Gasteiger charge is 2.18. The van der Waals surface area contributed by atoms with Gasteiger partial charge in [0, 0.05) is 29.7 Å². The minimum atomic E-state index is -0.479. The molecule has 2 aromatic carbocycles. The van der Waals surface area contributed by atoms with Gasteiger partial charge in [-0.25, -0.2) is 14.8 Å². The molecule has 9 nitrogen and oxygen atoms in total. The van der Waals surface area contributed by atoms with Gasteiger partial charge in [-0.2, -0.15) is 0 Å². The van der Waals surface area contributed by atoms with Crippen LogP contribution in [0.5, 0.6) is 11.5 Å². The van der Waals surface area contributed by atoms with Crippen LogP contribution in [-0.2, 0) is 4.74 Å². The molecule has 0 saturated heterocycles. The quantitative estimate of drug-likeness (QED) is 0.329. The van der Waals surface area contributed by atoms with E-state index in [9.17, 15) is 4.79 Å². The lowest BCUT2D eigenvalue weighted by atomic mass is 10.1. The van der Waals surface area contributed by atoms with Gasteiger partial charge < -0.3 is 25.3 Å². The number of nitrogens with two attached hydrogens (primary N) is 1. The van der Waals surface area contributed by atoms with Gasteiger partial charge in [0.25, 0.3) is 0 Å². The van der Waals surface area contributed by atoms with Crippen molar-refractivity contribution < 1.29 is 19.0 Å². The Kier molecular flexibility index (Phi) is 7.38. The molecular weight excluding hydrogens is 470 g/mol. The molecule has 4 aromatic rings. The third-order valence-corrected chi connectivity index (χ3v) is 5.68. The molecule has 3 N–H and O–H groups in total. The van der Waals surface area contributed by atoms with Gasteiger partial charge in [0.15, 0.2) is 11.5 Å². The third kappa shape index (κ3) is 5.16. The number of hydrogen-bond acceptors (Lipinski definition) is 8. The van der Waals surface area contributed by atoms with Crippen LogP contribution in [-0.4, -0.2) is 47.9 Å². The van der Waals surface area contributed by atoms with Crippen LogP contribution in [0.3, 0.4) is 0 Å². The maximum absolute atomic E-state index is 12.6. The molecule has 2 aromatic heterocycles. The van der Waals surface area contributed by atoms with Crippen molar-refractivity contribution in [1.82, 2.24) is 14.5 Å². The van der Waals surface area contributed by atoms with Crippen molar-refractivity contribution in [1.29, 1.82) is 0 Å². The molecule has 182 valence electrons. The highest BCUT2D eigenvalue weighted by atomic mass is 35.5. The van der Waals surface area contributed by atoms with Crippen LogP contribution in [0.15, 0.2) is 54.9 Å². The van der Waals surface area contributed by atoms with Crippen molar-refractivity contribution in [3.8, 4) is 17.3 Å². The fraction of sp³-hybridized carbons (Fsp3) is 0.240. The summed E-state index contributed by atoms with van der Waals surface area (Å²) in [5, 5.41) is 3.80. The van der Waals surface area contributed by atoms with Crippen LogP contribution in [0.2, 0.25) is 5.02 Å². The number of aromatic nitrogens is 3. The number of pyridine rings is 1. The number of halogens is 1. The molecule has 0 aliphatic heterocycles. The normalized spacial score (nSPS) is 11.8. The lowest BCUT2D eigenvalue weighted by Gasteiger charge is -2.17. The molecular formula is C25H26ClN5O4. The highest BCUT2D eigenvalue weighted by Crippen LogP contribution is 2.32. The van der Waals surface area contributed by atoms with Crippen LogP contribution < -0.4 is 20.5 Å². The molecule has 35 heavy (non-hydrogen) atoms. The molecule has 0 spiro atoms. The van der Waals surface area contributed by atoms with E-state index in [1.807, 2.05) is 24.3 Å². The van der Waals surface area contributed by atoms with Crippen molar-refractivity contribution in [3.05, 3.63) is 71.0 Å². The smallest absolute Gasteiger partial charge is 0.341 e. The Labute approximate surface area is 207 Å². The Morgan fingerprint density at radius 1 is 1.14 bits per heavy atom. The molecule has 0 radical (unpaired) electrons. The maximum Gasteiger partial charge on any atom is 0.341 e. The minimum absolute atomic E-state index is 0.246. The van der Waals surface area contributed by atoms with Crippen molar-refractivity contribution in [2.24, 2.45) is 5.73 Å². The van der Waals surface area contributed by atoms with E-state index in [2.05, 4.69) is 10.3 Å². The van der Waals surface area contributed by atoms with Gasteiger partial charge in [-0.3, -0.25) is 4.57 Å². The zero-order valence-corrected chi connectivity index (χ0v) is 20.4. The summed E-state index contributed by atoms with van der Waals surface area (Å²) in [4.78, 5) is 21.8. The average molecular weight is 496 g/mol. The van der Waals surface area contributed by atoms with E-state index < -0.39 is 5.97 Å². The first-order chi connectivity index (χ1) is 16.9. The molecule has 0 aliphatic carbocycles. The number of methoxy groups -OCH3 is 2. The molecule has 0 saturated carbocycles. The summed E-state index contributed by atoms with van der Waals surface area (Å²) in [6, 6.07) is 14.0. The number of esters is 1. The zero-order chi connectivity index (χ0) is 24.9. The number of nitrogens with zero attached hydrogens (tertiary/aromatic N) is 3. The SMILES string of the molecule is CCOC(=O)c1ccc(-n2cnc3cc(OC)c(OC)cc32)nc1NC[C@H](N)c1cccc(Cl)c1. The van der Waals surface area contributed by atoms with Crippen LogP contribution >= 0.6 is 11.6 Å². The topological polar surface area (TPSA) is 114 Å². The van der Waals surface area contributed by atoms with E-state index in [4.69, 9.17) is 36.5 Å². The van der Waals surface area contributed by atoms with Gasteiger partial charge in [-0.15, -0.1) is 0 Å². The Hall–Kier alpha value is -3.82. The summed E-state index contributed by atoms with van der Waals surface area (Å²) < 4.78 is 17.8. The van der Waals surface area contributed by atoms with E-state index >= 15 is 0 Å². The van der Waals surface area contributed by atoms with Crippen molar-refractivity contribution in [2.45, 2.75) is 13.0 Å². The number of benzene rings is 2. The summed E-state index contributed by atoms with van der Waals surface area (Å²) in [7, 11) is 3.14. The van der Waals surface area contributed by atoms with E-state index in [1.54, 1.807) is 56.3 Å². The predicted molar refractivity (Wildman–Crippen MR) is 135 cm³/mol. The number of fused-ring (bicyclic) bond motifs is 1. The lowest BCUT2D eigenvalue weighted by Crippen LogP contribution is -2.22. The van der Waals surface area contributed by atoms with Gasteiger partial charge in [0.05, 0.1) is 31.9 Å². The molecule has 10 heteroatoms. The fourth-order valence-corrected chi connectivity index (χ4v) is 3.87. The second kappa shape index (κ2) is 10.6. The number of hydrogen-bond donors (Lipinski definition) is 2. The van der Waals surface area contributed by atoms with Crippen molar-refractivity contribution >= 4 is 34.4 Å². The largest absolute Gasteiger partial charge is 0.493 e. The second-order valence-corrected chi connectivity index (χ2v) is 8.08. The highest BCUT2D eigenvalue weighted by molar-refractivity contribution is 6.30. The Morgan fingerprint density at radius 2 is 1.91 bits per heavy atom. The fourth-order valence-electron chi connectivity index (χ4n) is 3.67. The molecule has 0 bridgehead atoms. The molecule has 0 fully saturated rings. The first-order valence-corrected chi connectivity index (χ1v) is 11.4.